The minimum atomic E-state index is -0.124. The van der Waals surface area contributed by atoms with Crippen molar-refractivity contribution in [3.8, 4) is 0 Å². The highest BCUT2D eigenvalue weighted by Crippen LogP contribution is 2.05. The molecule has 44 valence electrons. The van der Waals surface area contributed by atoms with Gasteiger partial charge in [-0.1, -0.05) is 0 Å². The molecular weight excluding hydrogens is 100 g/mol. The Morgan fingerprint density at radius 3 is 3.25 bits per heavy atom. The van der Waals surface area contributed by atoms with Crippen molar-refractivity contribution in [2.75, 3.05) is 0 Å². The van der Waals surface area contributed by atoms with E-state index in [0.29, 0.717) is 0 Å². The third-order valence-electron chi connectivity index (χ3n) is 1.27. The number of hydrogen-bond acceptors (Lipinski definition) is 1. The zero-order chi connectivity index (χ0) is 5.82. The molecular formula is C7H10O. The van der Waals surface area contributed by atoms with E-state index < -0.39 is 0 Å². The summed E-state index contributed by atoms with van der Waals surface area (Å²) in [6, 6.07) is 0. The van der Waals surface area contributed by atoms with Crippen molar-refractivity contribution >= 4 is 0 Å². The van der Waals surface area contributed by atoms with Crippen LogP contribution in [-0.2, 0) is 0 Å². The molecule has 0 saturated carbocycles. The van der Waals surface area contributed by atoms with Gasteiger partial charge in [-0.3, -0.25) is 0 Å². The van der Waals surface area contributed by atoms with Crippen molar-refractivity contribution in [2.45, 2.75) is 25.4 Å². The molecule has 1 atom stereocenters. The summed E-state index contributed by atoms with van der Waals surface area (Å²) in [5, 5.41) is 9.00. The number of rotatable bonds is 0. The maximum Gasteiger partial charge on any atom is 0.0583 e. The molecule has 0 aromatic rings. The van der Waals surface area contributed by atoms with E-state index in [0.717, 1.165) is 19.3 Å². The normalized spacial score (nSPS) is 27.9. The van der Waals surface area contributed by atoms with E-state index >= 15 is 0 Å². The molecule has 0 amide bonds. The van der Waals surface area contributed by atoms with Crippen molar-refractivity contribution < 1.29 is 5.11 Å². The first-order valence-electron chi connectivity index (χ1n) is 2.97. The molecule has 1 aliphatic rings. The molecule has 1 N–H and O–H groups in total. The first kappa shape index (κ1) is 5.61. The molecule has 1 rings (SSSR count). The maximum absolute atomic E-state index is 9.00. The zero-order valence-electron chi connectivity index (χ0n) is 4.80. The summed E-state index contributed by atoms with van der Waals surface area (Å²) in [4.78, 5) is 0. The Labute approximate surface area is 49.3 Å². The van der Waals surface area contributed by atoms with Gasteiger partial charge in [-0.2, -0.15) is 0 Å². The number of aliphatic hydroxyl groups is 1. The molecule has 0 saturated heterocycles. The predicted octanol–water partition coefficient (Wildman–Crippen LogP) is 1.24. The Morgan fingerprint density at radius 1 is 1.50 bits per heavy atom. The second-order valence-corrected chi connectivity index (χ2v) is 2.04. The van der Waals surface area contributed by atoms with E-state index in [4.69, 9.17) is 5.11 Å². The Kier molecular flexibility index (Phi) is 1.90. The standard InChI is InChI=1S/C7H10O/c8-7-5-3-1-2-4-6-7/h1,4,7-8H,3,5-6H2. The molecule has 0 heterocycles. The molecule has 1 aliphatic carbocycles. The lowest BCUT2D eigenvalue weighted by Gasteiger charge is -2.00. The number of hydrogen-bond donors (Lipinski definition) is 1. The highest BCUT2D eigenvalue weighted by molar-refractivity contribution is 4.90. The van der Waals surface area contributed by atoms with E-state index in [-0.39, 0.29) is 6.10 Å². The molecule has 1 unspecified atom stereocenters. The quantitative estimate of drug-likeness (QED) is 0.465. The van der Waals surface area contributed by atoms with Crippen LogP contribution in [0, 0.1) is 0 Å². The van der Waals surface area contributed by atoms with Gasteiger partial charge in [-0.15, -0.1) is 5.73 Å². The molecule has 0 aromatic carbocycles. The molecule has 1 heteroatoms. The lowest BCUT2D eigenvalue weighted by molar-refractivity contribution is 0.170. The van der Waals surface area contributed by atoms with Gasteiger partial charge in [0, 0.05) is 0 Å². The van der Waals surface area contributed by atoms with Gasteiger partial charge in [-0.25, -0.2) is 0 Å². The molecule has 0 spiro atoms. The maximum atomic E-state index is 9.00. The van der Waals surface area contributed by atoms with E-state index in [2.05, 4.69) is 5.73 Å². The van der Waals surface area contributed by atoms with Crippen LogP contribution in [0.25, 0.3) is 0 Å². The Bertz CT molecular complexity index is 120. The van der Waals surface area contributed by atoms with Gasteiger partial charge in [0.05, 0.1) is 6.10 Å². The summed E-state index contributed by atoms with van der Waals surface area (Å²) < 4.78 is 0. The van der Waals surface area contributed by atoms with Crippen molar-refractivity contribution in [1.82, 2.24) is 0 Å². The highest BCUT2D eigenvalue weighted by Gasteiger charge is 2.00. The summed E-state index contributed by atoms with van der Waals surface area (Å²) in [5.74, 6) is 0. The third kappa shape index (κ3) is 1.53. The van der Waals surface area contributed by atoms with Crippen LogP contribution in [0.2, 0.25) is 0 Å². The zero-order valence-corrected chi connectivity index (χ0v) is 4.80. The van der Waals surface area contributed by atoms with Gasteiger partial charge in [0.1, 0.15) is 0 Å². The summed E-state index contributed by atoms with van der Waals surface area (Å²) in [7, 11) is 0. The Morgan fingerprint density at radius 2 is 2.38 bits per heavy atom. The molecule has 8 heavy (non-hydrogen) atoms. The average Bonchev–Trinajstić information content (AvgIpc) is 1.94. The molecule has 0 aliphatic heterocycles. The van der Waals surface area contributed by atoms with Gasteiger partial charge in [0.2, 0.25) is 0 Å². The van der Waals surface area contributed by atoms with Crippen LogP contribution in [0.1, 0.15) is 19.3 Å². The molecule has 0 aromatic heterocycles. The molecule has 0 radical (unpaired) electrons. The lowest BCUT2D eigenvalue weighted by atomic mass is 10.2. The topological polar surface area (TPSA) is 20.2 Å². The lowest BCUT2D eigenvalue weighted by Crippen LogP contribution is -2.01. The number of aliphatic hydroxyl groups excluding tert-OH is 1. The molecule has 0 fully saturated rings. The first-order chi connectivity index (χ1) is 3.89. The summed E-state index contributed by atoms with van der Waals surface area (Å²) in [6.07, 6.45) is 6.37. The minimum Gasteiger partial charge on any atom is -0.393 e. The van der Waals surface area contributed by atoms with Crippen LogP contribution < -0.4 is 0 Å². The highest BCUT2D eigenvalue weighted by atomic mass is 16.3. The van der Waals surface area contributed by atoms with E-state index in [1.165, 1.54) is 0 Å². The summed E-state index contributed by atoms with van der Waals surface area (Å²) in [6.45, 7) is 0. The van der Waals surface area contributed by atoms with Crippen molar-refractivity contribution in [3.05, 3.63) is 17.9 Å². The van der Waals surface area contributed by atoms with Gasteiger partial charge < -0.3 is 5.11 Å². The second kappa shape index (κ2) is 2.71. The average molecular weight is 110 g/mol. The van der Waals surface area contributed by atoms with Crippen LogP contribution in [0.15, 0.2) is 17.9 Å². The van der Waals surface area contributed by atoms with E-state index in [1.807, 2.05) is 12.2 Å². The van der Waals surface area contributed by atoms with Crippen molar-refractivity contribution in [1.29, 1.82) is 0 Å². The fourth-order valence-electron chi connectivity index (χ4n) is 0.764. The largest absolute Gasteiger partial charge is 0.393 e. The van der Waals surface area contributed by atoms with Gasteiger partial charge in [0.25, 0.3) is 0 Å². The van der Waals surface area contributed by atoms with Crippen LogP contribution in [0.3, 0.4) is 0 Å². The van der Waals surface area contributed by atoms with Crippen molar-refractivity contribution in [2.24, 2.45) is 0 Å². The van der Waals surface area contributed by atoms with E-state index in [9.17, 15) is 0 Å². The van der Waals surface area contributed by atoms with Crippen LogP contribution in [-0.4, -0.2) is 11.2 Å². The van der Waals surface area contributed by atoms with Gasteiger partial charge in [0.15, 0.2) is 0 Å². The molecule has 1 nitrogen and oxygen atoms in total. The monoisotopic (exact) mass is 110 g/mol. The van der Waals surface area contributed by atoms with E-state index in [1.54, 1.807) is 0 Å². The second-order valence-electron chi connectivity index (χ2n) is 2.04. The summed E-state index contributed by atoms with van der Waals surface area (Å²) in [5.41, 5.74) is 2.97. The fraction of sp³-hybridized carbons (Fsp3) is 0.571. The molecule has 0 bridgehead atoms. The minimum absolute atomic E-state index is 0.124. The van der Waals surface area contributed by atoms with Crippen LogP contribution in [0.5, 0.6) is 0 Å². The Balaban J connectivity index is 2.43. The summed E-state index contributed by atoms with van der Waals surface area (Å²) >= 11 is 0. The fourth-order valence-corrected chi connectivity index (χ4v) is 0.764. The van der Waals surface area contributed by atoms with Gasteiger partial charge >= 0.3 is 0 Å². The first-order valence-corrected chi connectivity index (χ1v) is 2.97. The smallest absolute Gasteiger partial charge is 0.0583 e. The van der Waals surface area contributed by atoms with Crippen LogP contribution >= 0.6 is 0 Å². The predicted molar refractivity (Wildman–Crippen MR) is 32.5 cm³/mol. The third-order valence-corrected chi connectivity index (χ3v) is 1.27. The Hall–Kier alpha value is -0.520. The SMILES string of the molecule is OC1CC=C=CCC1. The van der Waals surface area contributed by atoms with Crippen molar-refractivity contribution in [3.63, 3.8) is 0 Å². The van der Waals surface area contributed by atoms with Crippen LogP contribution in [0.4, 0.5) is 0 Å². The van der Waals surface area contributed by atoms with Gasteiger partial charge in [-0.05, 0) is 31.4 Å².